The number of amides is 1. The van der Waals surface area contributed by atoms with Gasteiger partial charge in [0, 0.05) is 28.8 Å². The van der Waals surface area contributed by atoms with Crippen molar-refractivity contribution in [2.75, 3.05) is 0 Å². The second-order valence-electron chi connectivity index (χ2n) is 5.97. The molecule has 144 valence electrons. The van der Waals surface area contributed by atoms with Crippen molar-refractivity contribution in [1.29, 1.82) is 0 Å². The van der Waals surface area contributed by atoms with E-state index in [2.05, 4.69) is 10.3 Å². The first-order chi connectivity index (χ1) is 14.0. The first-order valence-corrected chi connectivity index (χ1v) is 9.57. The van der Waals surface area contributed by atoms with Crippen LogP contribution in [0, 0.1) is 10.1 Å². The first-order valence-electron chi connectivity index (χ1n) is 8.38. The van der Waals surface area contributed by atoms with Crippen LogP contribution in [0.2, 0.25) is 5.02 Å². The molecule has 0 spiro atoms. The van der Waals surface area contributed by atoms with Crippen molar-refractivity contribution in [3.05, 3.63) is 86.5 Å². The van der Waals surface area contributed by atoms with Gasteiger partial charge in [-0.15, -0.1) is 0 Å². The summed E-state index contributed by atoms with van der Waals surface area (Å²) in [5, 5.41) is 14.7. The Morgan fingerprint density at radius 2 is 1.93 bits per heavy atom. The second kappa shape index (κ2) is 7.94. The van der Waals surface area contributed by atoms with Crippen LogP contribution in [0.3, 0.4) is 0 Å². The summed E-state index contributed by atoms with van der Waals surface area (Å²) in [7, 11) is 0. The lowest BCUT2D eigenvalue weighted by Crippen LogP contribution is -2.19. The van der Waals surface area contributed by atoms with Gasteiger partial charge >= 0.3 is 0 Å². The molecule has 7 nitrogen and oxygen atoms in total. The molecule has 0 unspecified atom stereocenters. The molecule has 1 saturated heterocycles. The highest BCUT2D eigenvalue weighted by Gasteiger charge is 2.24. The number of hydrogen-bond donors (Lipinski definition) is 1. The molecule has 0 saturated carbocycles. The molecule has 1 aromatic heterocycles. The monoisotopic (exact) mass is 425 g/mol. The maximum atomic E-state index is 12.2. The van der Waals surface area contributed by atoms with Crippen LogP contribution in [0.15, 0.2) is 75.0 Å². The van der Waals surface area contributed by atoms with Crippen LogP contribution < -0.4 is 5.32 Å². The minimum atomic E-state index is -0.462. The fourth-order valence-electron chi connectivity index (χ4n) is 2.60. The number of carbonyl (C=O) groups excluding carboxylic acids is 1. The quantitative estimate of drug-likeness (QED) is 0.343. The van der Waals surface area contributed by atoms with Crippen LogP contribution in [0.25, 0.3) is 17.4 Å². The van der Waals surface area contributed by atoms with E-state index in [-0.39, 0.29) is 11.6 Å². The van der Waals surface area contributed by atoms with Crippen LogP contribution in [-0.4, -0.2) is 16.0 Å². The van der Waals surface area contributed by atoms with Gasteiger partial charge in [0.1, 0.15) is 11.5 Å². The number of benzene rings is 2. The van der Waals surface area contributed by atoms with E-state index in [0.717, 1.165) is 0 Å². The molecular formula is C20H12ClN3O4S. The summed E-state index contributed by atoms with van der Waals surface area (Å²) in [6.45, 7) is 0. The second-order valence-corrected chi connectivity index (χ2v) is 7.43. The molecule has 29 heavy (non-hydrogen) atoms. The lowest BCUT2D eigenvalue weighted by Gasteiger charge is -1.97. The summed E-state index contributed by atoms with van der Waals surface area (Å²) in [6.07, 6.45) is 1.60. The minimum absolute atomic E-state index is 0.0208. The number of nitrogens with zero attached hydrogens (tertiary/aromatic N) is 2. The number of aliphatic imine (C=N–C) groups is 1. The number of nitro benzene ring substituents is 1. The average molecular weight is 426 g/mol. The molecule has 0 bridgehead atoms. The van der Waals surface area contributed by atoms with Gasteiger partial charge in [0.15, 0.2) is 5.17 Å². The number of thioether (sulfide) groups is 1. The summed E-state index contributed by atoms with van der Waals surface area (Å²) in [6, 6.07) is 16.5. The molecule has 9 heteroatoms. The Bertz CT molecular complexity index is 1170. The standard InChI is InChI=1S/C20H12ClN3O4S/c21-13-4-6-14(7-5-13)22-20-23-19(25)18(29-20)11-16-8-9-17(28-16)12-2-1-3-15(10-12)24(26)27/h1-11H,(H,22,23,25)/b18-11+. The third kappa shape index (κ3) is 4.39. The van der Waals surface area contributed by atoms with E-state index >= 15 is 0 Å². The predicted molar refractivity (Wildman–Crippen MR) is 113 cm³/mol. The van der Waals surface area contributed by atoms with E-state index < -0.39 is 4.92 Å². The highest BCUT2D eigenvalue weighted by Crippen LogP contribution is 2.31. The number of furan rings is 1. The van der Waals surface area contributed by atoms with Crippen molar-refractivity contribution in [3.63, 3.8) is 0 Å². The van der Waals surface area contributed by atoms with Crippen molar-refractivity contribution in [1.82, 2.24) is 5.32 Å². The van der Waals surface area contributed by atoms with Gasteiger partial charge in [-0.1, -0.05) is 23.7 Å². The van der Waals surface area contributed by atoms with Crippen LogP contribution in [0.5, 0.6) is 0 Å². The number of nitro groups is 1. The van der Waals surface area contributed by atoms with Gasteiger partial charge < -0.3 is 9.73 Å². The van der Waals surface area contributed by atoms with Gasteiger partial charge in [-0.2, -0.15) is 0 Å². The molecule has 3 aromatic rings. The number of amidine groups is 1. The Kier molecular flexibility index (Phi) is 5.20. The molecule has 0 aliphatic carbocycles. The first kappa shape index (κ1) is 19.0. The Labute approximate surface area is 174 Å². The van der Waals surface area contributed by atoms with Gasteiger partial charge in [0.2, 0.25) is 0 Å². The Morgan fingerprint density at radius 1 is 1.14 bits per heavy atom. The van der Waals surface area contributed by atoms with Gasteiger partial charge in [0.25, 0.3) is 11.6 Å². The fourth-order valence-corrected chi connectivity index (χ4v) is 3.55. The zero-order valence-corrected chi connectivity index (χ0v) is 16.2. The van der Waals surface area contributed by atoms with Crippen LogP contribution in [0.4, 0.5) is 11.4 Å². The summed E-state index contributed by atoms with van der Waals surface area (Å²) in [5.74, 6) is 0.645. The predicted octanol–water partition coefficient (Wildman–Crippen LogP) is 5.40. The van der Waals surface area contributed by atoms with Crippen molar-refractivity contribution in [3.8, 4) is 11.3 Å². The summed E-state index contributed by atoms with van der Waals surface area (Å²) < 4.78 is 5.73. The molecule has 0 atom stereocenters. The average Bonchev–Trinajstić information content (AvgIpc) is 3.31. The minimum Gasteiger partial charge on any atom is -0.457 e. The molecular weight excluding hydrogens is 414 g/mol. The molecule has 1 aliphatic rings. The van der Waals surface area contributed by atoms with Gasteiger partial charge in [-0.25, -0.2) is 4.99 Å². The van der Waals surface area contributed by atoms with Crippen LogP contribution in [0.1, 0.15) is 5.76 Å². The molecule has 0 radical (unpaired) electrons. The SMILES string of the molecule is O=C1NC(=Nc2ccc(Cl)cc2)S/C1=C/c1ccc(-c2cccc([N+](=O)[O-])c2)o1. The van der Waals surface area contributed by atoms with E-state index in [0.29, 0.717) is 37.9 Å². The molecule has 1 aliphatic heterocycles. The number of rotatable bonds is 4. The summed E-state index contributed by atoms with van der Waals surface area (Å²) >= 11 is 7.05. The number of carbonyl (C=O) groups is 1. The number of halogens is 1. The highest BCUT2D eigenvalue weighted by molar-refractivity contribution is 8.18. The molecule has 1 fully saturated rings. The van der Waals surface area contributed by atoms with E-state index in [1.165, 1.54) is 23.9 Å². The van der Waals surface area contributed by atoms with Crippen molar-refractivity contribution >= 4 is 51.9 Å². The van der Waals surface area contributed by atoms with Gasteiger partial charge in [0.05, 0.1) is 15.5 Å². The van der Waals surface area contributed by atoms with E-state index in [9.17, 15) is 14.9 Å². The molecule has 1 amide bonds. The van der Waals surface area contributed by atoms with Crippen LogP contribution in [-0.2, 0) is 4.79 Å². The topological polar surface area (TPSA) is 97.7 Å². The summed E-state index contributed by atoms with van der Waals surface area (Å²) in [5.41, 5.74) is 1.23. The van der Waals surface area contributed by atoms with Gasteiger partial charge in [-0.3, -0.25) is 14.9 Å². The third-order valence-electron chi connectivity index (χ3n) is 3.95. The number of nitrogens with one attached hydrogen (secondary N) is 1. The normalized spacial score (nSPS) is 16.4. The lowest BCUT2D eigenvalue weighted by molar-refractivity contribution is -0.384. The smallest absolute Gasteiger partial charge is 0.270 e. The Morgan fingerprint density at radius 3 is 2.69 bits per heavy atom. The third-order valence-corrected chi connectivity index (χ3v) is 5.11. The maximum Gasteiger partial charge on any atom is 0.270 e. The zero-order chi connectivity index (χ0) is 20.4. The molecule has 2 aromatic carbocycles. The highest BCUT2D eigenvalue weighted by atomic mass is 35.5. The van der Waals surface area contributed by atoms with Crippen molar-refractivity contribution in [2.45, 2.75) is 0 Å². The maximum absolute atomic E-state index is 12.2. The van der Waals surface area contributed by atoms with Crippen molar-refractivity contribution in [2.24, 2.45) is 4.99 Å². The van der Waals surface area contributed by atoms with Crippen LogP contribution >= 0.6 is 23.4 Å². The molecule has 4 rings (SSSR count). The molecule has 1 N–H and O–H groups in total. The Balaban J connectivity index is 1.54. The van der Waals surface area contributed by atoms with Crippen molar-refractivity contribution < 1.29 is 14.1 Å². The van der Waals surface area contributed by atoms with E-state index in [4.69, 9.17) is 16.0 Å². The summed E-state index contributed by atoms with van der Waals surface area (Å²) in [4.78, 5) is 27.5. The van der Waals surface area contributed by atoms with E-state index in [1.54, 1.807) is 54.6 Å². The largest absolute Gasteiger partial charge is 0.457 e. The molecule has 2 heterocycles. The lowest BCUT2D eigenvalue weighted by atomic mass is 10.1. The van der Waals surface area contributed by atoms with Gasteiger partial charge in [-0.05, 0) is 48.2 Å². The van der Waals surface area contributed by atoms with E-state index in [1.807, 2.05) is 0 Å². The fraction of sp³-hybridized carbons (Fsp3) is 0. The number of non-ortho nitro benzene ring substituents is 1. The zero-order valence-electron chi connectivity index (χ0n) is 14.7. The number of hydrogen-bond acceptors (Lipinski definition) is 6. The Hall–Kier alpha value is -3.36.